The highest BCUT2D eigenvalue weighted by Gasteiger charge is 2.36. The third-order valence-electron chi connectivity index (χ3n) is 4.72. The molecule has 1 amide bonds. The molecule has 0 bridgehead atoms. The van der Waals surface area contributed by atoms with Crippen molar-refractivity contribution in [2.75, 3.05) is 13.2 Å². The minimum Gasteiger partial charge on any atom is -0.490 e. The van der Waals surface area contributed by atoms with Crippen LogP contribution in [0.2, 0.25) is 5.02 Å². The number of halogens is 1. The molecular weight excluding hydrogens is 340 g/mol. The third kappa shape index (κ3) is 3.87. The van der Waals surface area contributed by atoms with Crippen LogP contribution < -0.4 is 10.1 Å². The van der Waals surface area contributed by atoms with Gasteiger partial charge >= 0.3 is 0 Å². The number of nitrogens with one attached hydrogen (secondary N) is 1. The van der Waals surface area contributed by atoms with Crippen molar-refractivity contribution in [3.05, 3.63) is 28.8 Å². The van der Waals surface area contributed by atoms with Crippen molar-refractivity contribution < 1.29 is 9.53 Å². The summed E-state index contributed by atoms with van der Waals surface area (Å²) in [5, 5.41) is 21.7. The van der Waals surface area contributed by atoms with Crippen LogP contribution in [0, 0.1) is 22.7 Å². The summed E-state index contributed by atoms with van der Waals surface area (Å²) < 4.78 is 5.73. The Hall–Kier alpha value is -2.28. The number of nitriles is 2. The van der Waals surface area contributed by atoms with Crippen molar-refractivity contribution in [2.45, 2.75) is 43.8 Å². The molecule has 2 fully saturated rings. The van der Waals surface area contributed by atoms with Crippen LogP contribution >= 0.6 is 11.6 Å². The average molecular weight is 359 g/mol. The molecule has 130 valence electrons. The zero-order chi connectivity index (χ0) is 17.8. The van der Waals surface area contributed by atoms with Gasteiger partial charge in [-0.25, -0.2) is 0 Å². The van der Waals surface area contributed by atoms with Crippen LogP contribution in [-0.4, -0.2) is 42.1 Å². The normalized spacial score (nSPS) is 25.4. The molecule has 3 atom stereocenters. The molecule has 0 spiro atoms. The Morgan fingerprint density at radius 1 is 1.36 bits per heavy atom. The van der Waals surface area contributed by atoms with Crippen molar-refractivity contribution in [1.82, 2.24) is 10.2 Å². The van der Waals surface area contributed by atoms with Gasteiger partial charge in [-0.2, -0.15) is 10.5 Å². The van der Waals surface area contributed by atoms with E-state index in [1.165, 1.54) is 0 Å². The van der Waals surface area contributed by atoms with Gasteiger partial charge in [-0.3, -0.25) is 10.1 Å². The van der Waals surface area contributed by atoms with Crippen LogP contribution in [0.1, 0.15) is 31.2 Å². The van der Waals surface area contributed by atoms with Crippen molar-refractivity contribution in [3.63, 3.8) is 0 Å². The highest BCUT2D eigenvalue weighted by atomic mass is 35.5. The molecule has 2 aliphatic rings. The number of amides is 1. The Kier molecular flexibility index (Phi) is 5.43. The van der Waals surface area contributed by atoms with Crippen molar-refractivity contribution >= 4 is 17.5 Å². The number of hydrogen-bond donors (Lipinski definition) is 1. The summed E-state index contributed by atoms with van der Waals surface area (Å²) in [5.74, 6) is 0.546. The predicted molar refractivity (Wildman–Crippen MR) is 92.0 cm³/mol. The molecular formula is C18H19ClN4O2. The second-order valence-electron chi connectivity index (χ2n) is 6.38. The van der Waals surface area contributed by atoms with E-state index in [1.54, 1.807) is 23.1 Å². The van der Waals surface area contributed by atoms with Crippen molar-refractivity contribution in [1.29, 1.82) is 10.5 Å². The number of carbonyl (C=O) groups excluding carboxylic acids is 1. The Morgan fingerprint density at radius 3 is 2.92 bits per heavy atom. The molecule has 3 rings (SSSR count). The smallest absolute Gasteiger partial charge is 0.240 e. The maximum absolute atomic E-state index is 12.6. The lowest BCUT2D eigenvalue weighted by Gasteiger charge is -2.24. The summed E-state index contributed by atoms with van der Waals surface area (Å²) in [5.41, 5.74) is 0.486. The van der Waals surface area contributed by atoms with E-state index in [2.05, 4.69) is 11.4 Å². The first-order valence-electron chi connectivity index (χ1n) is 8.41. The Balaban J connectivity index is 1.53. The lowest BCUT2D eigenvalue weighted by molar-refractivity contribution is -0.133. The van der Waals surface area contributed by atoms with Gasteiger partial charge in [-0.05, 0) is 43.9 Å². The summed E-state index contributed by atoms with van der Waals surface area (Å²) in [4.78, 5) is 14.3. The minimum absolute atomic E-state index is 0.0166. The zero-order valence-electron chi connectivity index (χ0n) is 13.7. The summed E-state index contributed by atoms with van der Waals surface area (Å²) in [6.07, 6.45) is 3.22. The van der Waals surface area contributed by atoms with Gasteiger partial charge < -0.3 is 9.64 Å². The molecule has 1 aromatic carbocycles. The summed E-state index contributed by atoms with van der Waals surface area (Å²) in [6.45, 7) is 1.06. The standard InChI is InChI=1S/C18H19ClN4O2/c19-15-8-12(9-20)3-6-17(15)25-11-13-4-5-16(22-13)18(24)23-7-1-2-14(23)10-21/h3,6,8,13-14,16,22H,1-2,4-5,7,11H2/t13-,14+,16-/m1/s1. The molecule has 1 N–H and O–H groups in total. The molecule has 0 radical (unpaired) electrons. The molecule has 25 heavy (non-hydrogen) atoms. The van der Waals surface area contributed by atoms with Gasteiger partial charge in [-0.1, -0.05) is 11.6 Å². The Labute approximate surface area is 151 Å². The fourth-order valence-corrected chi connectivity index (χ4v) is 3.62. The predicted octanol–water partition coefficient (Wildman–Crippen LogP) is 2.23. The first-order chi connectivity index (χ1) is 12.1. The van der Waals surface area contributed by atoms with Crippen molar-refractivity contribution in [3.8, 4) is 17.9 Å². The van der Waals surface area contributed by atoms with Crippen LogP contribution in [0.4, 0.5) is 0 Å². The lowest BCUT2D eigenvalue weighted by Crippen LogP contribution is -2.47. The van der Waals surface area contributed by atoms with E-state index in [0.29, 0.717) is 29.5 Å². The number of likely N-dealkylation sites (tertiary alicyclic amines) is 1. The SMILES string of the molecule is N#Cc1ccc(OC[C@H]2CC[C@H](C(=O)N3CCC[C@H]3C#N)N2)c(Cl)c1. The monoisotopic (exact) mass is 358 g/mol. The van der Waals surface area contributed by atoms with Crippen LogP contribution in [0.15, 0.2) is 18.2 Å². The van der Waals surface area contributed by atoms with Gasteiger partial charge in [0.1, 0.15) is 18.4 Å². The first kappa shape index (κ1) is 17.5. The van der Waals surface area contributed by atoms with Gasteiger partial charge in [0.15, 0.2) is 0 Å². The second-order valence-corrected chi connectivity index (χ2v) is 6.79. The number of rotatable bonds is 4. The van der Waals surface area contributed by atoms with Crippen LogP contribution in [0.3, 0.4) is 0 Å². The highest BCUT2D eigenvalue weighted by Crippen LogP contribution is 2.26. The van der Waals surface area contributed by atoms with Gasteiger partial charge in [0.2, 0.25) is 5.91 Å². The van der Waals surface area contributed by atoms with E-state index in [4.69, 9.17) is 26.9 Å². The molecule has 6 nitrogen and oxygen atoms in total. The van der Waals surface area contributed by atoms with Crippen LogP contribution in [-0.2, 0) is 4.79 Å². The van der Waals surface area contributed by atoms with Gasteiger partial charge in [-0.15, -0.1) is 0 Å². The third-order valence-corrected chi connectivity index (χ3v) is 5.02. The number of carbonyl (C=O) groups is 1. The van der Waals surface area contributed by atoms with E-state index < -0.39 is 0 Å². The summed E-state index contributed by atoms with van der Waals surface area (Å²) >= 11 is 6.10. The van der Waals surface area contributed by atoms with E-state index in [-0.39, 0.29) is 24.0 Å². The van der Waals surface area contributed by atoms with E-state index in [9.17, 15) is 4.79 Å². The molecule has 2 aliphatic heterocycles. The van der Waals surface area contributed by atoms with E-state index in [0.717, 1.165) is 25.7 Å². The quantitative estimate of drug-likeness (QED) is 0.891. The van der Waals surface area contributed by atoms with Crippen LogP contribution in [0.25, 0.3) is 0 Å². The van der Waals surface area contributed by atoms with Gasteiger partial charge in [0, 0.05) is 12.6 Å². The highest BCUT2D eigenvalue weighted by molar-refractivity contribution is 6.32. The van der Waals surface area contributed by atoms with Gasteiger partial charge in [0.25, 0.3) is 0 Å². The molecule has 1 aromatic rings. The fourth-order valence-electron chi connectivity index (χ4n) is 3.39. The molecule has 0 aromatic heterocycles. The number of benzene rings is 1. The molecule has 0 unspecified atom stereocenters. The number of hydrogen-bond acceptors (Lipinski definition) is 5. The molecule has 0 aliphatic carbocycles. The fraction of sp³-hybridized carbons (Fsp3) is 0.500. The summed E-state index contributed by atoms with van der Waals surface area (Å²) in [7, 11) is 0. The Morgan fingerprint density at radius 2 is 2.20 bits per heavy atom. The van der Waals surface area contributed by atoms with Crippen LogP contribution in [0.5, 0.6) is 5.75 Å². The first-order valence-corrected chi connectivity index (χ1v) is 8.78. The summed E-state index contributed by atoms with van der Waals surface area (Å²) in [6, 6.07) is 8.66. The number of nitrogens with zero attached hydrogens (tertiary/aromatic N) is 3. The maximum Gasteiger partial charge on any atom is 0.240 e. The zero-order valence-corrected chi connectivity index (χ0v) is 14.5. The van der Waals surface area contributed by atoms with E-state index >= 15 is 0 Å². The molecule has 7 heteroatoms. The lowest BCUT2D eigenvalue weighted by atomic mass is 10.1. The molecule has 0 saturated carbocycles. The number of ether oxygens (including phenoxy) is 1. The maximum atomic E-state index is 12.6. The average Bonchev–Trinajstić information content (AvgIpc) is 3.29. The van der Waals surface area contributed by atoms with E-state index in [1.807, 2.05) is 6.07 Å². The largest absolute Gasteiger partial charge is 0.490 e. The topological polar surface area (TPSA) is 89.2 Å². The second kappa shape index (κ2) is 7.74. The minimum atomic E-state index is -0.290. The van der Waals surface area contributed by atoms with Crippen molar-refractivity contribution in [2.24, 2.45) is 0 Å². The molecule has 2 saturated heterocycles. The van der Waals surface area contributed by atoms with Gasteiger partial charge in [0.05, 0.1) is 28.8 Å². The molecule has 2 heterocycles. The Bertz CT molecular complexity index is 740.